The standard InChI is InChI=1S/C17H15F3N2O5/c1-8-5-6-11(23)14(25)12(8)15(26)21-22-16(27)13(24)9-3-2-4-10(7-9)17(18,19)20/h2-7,13,23-25H,1H3,(H,21,26)(H,22,27). The summed E-state index contributed by atoms with van der Waals surface area (Å²) in [6.45, 7) is 1.47. The Morgan fingerprint density at radius 1 is 1.07 bits per heavy atom. The average Bonchev–Trinajstić information content (AvgIpc) is 2.62. The molecule has 0 radical (unpaired) electrons. The molecule has 1 unspecified atom stereocenters. The quantitative estimate of drug-likeness (QED) is 0.409. The number of carbonyl (C=O) groups is 2. The number of aliphatic hydroxyl groups excluding tert-OH is 1. The van der Waals surface area contributed by atoms with Crippen molar-refractivity contribution in [3.63, 3.8) is 0 Å². The van der Waals surface area contributed by atoms with Gasteiger partial charge in [0.2, 0.25) is 0 Å². The Morgan fingerprint density at radius 2 is 1.74 bits per heavy atom. The summed E-state index contributed by atoms with van der Waals surface area (Å²) in [4.78, 5) is 24.0. The van der Waals surface area contributed by atoms with Crippen molar-refractivity contribution in [1.82, 2.24) is 10.9 Å². The number of hydrogen-bond acceptors (Lipinski definition) is 5. The molecule has 0 fully saturated rings. The van der Waals surface area contributed by atoms with E-state index in [1.165, 1.54) is 13.0 Å². The van der Waals surface area contributed by atoms with Crippen molar-refractivity contribution in [2.45, 2.75) is 19.2 Å². The van der Waals surface area contributed by atoms with E-state index < -0.39 is 41.2 Å². The van der Waals surface area contributed by atoms with Gasteiger partial charge in [-0.3, -0.25) is 20.4 Å². The molecular formula is C17H15F3N2O5. The topological polar surface area (TPSA) is 119 Å². The number of nitrogens with one attached hydrogen (secondary N) is 2. The fraction of sp³-hybridized carbons (Fsp3) is 0.176. The molecule has 2 rings (SSSR count). The van der Waals surface area contributed by atoms with Crippen molar-refractivity contribution >= 4 is 11.8 Å². The molecule has 1 atom stereocenters. The van der Waals surface area contributed by atoms with Gasteiger partial charge in [-0.1, -0.05) is 18.2 Å². The van der Waals surface area contributed by atoms with Crippen LogP contribution in [0.4, 0.5) is 13.2 Å². The van der Waals surface area contributed by atoms with E-state index in [0.29, 0.717) is 6.07 Å². The molecule has 0 aliphatic carbocycles. The summed E-state index contributed by atoms with van der Waals surface area (Å²) in [7, 11) is 0. The largest absolute Gasteiger partial charge is 0.504 e. The number of phenols is 2. The summed E-state index contributed by atoms with van der Waals surface area (Å²) in [5.41, 5.74) is 2.36. The Morgan fingerprint density at radius 3 is 2.37 bits per heavy atom. The van der Waals surface area contributed by atoms with Gasteiger partial charge >= 0.3 is 6.18 Å². The molecular weight excluding hydrogens is 369 g/mol. The molecule has 0 saturated heterocycles. The zero-order valence-corrected chi connectivity index (χ0v) is 13.8. The second-order valence-electron chi connectivity index (χ2n) is 5.59. The lowest BCUT2D eigenvalue weighted by Gasteiger charge is -2.15. The Hall–Kier alpha value is -3.27. The molecule has 0 aromatic heterocycles. The van der Waals surface area contributed by atoms with Gasteiger partial charge in [0.25, 0.3) is 11.8 Å². The van der Waals surface area contributed by atoms with Crippen LogP contribution < -0.4 is 10.9 Å². The maximum absolute atomic E-state index is 12.7. The number of amides is 2. The van der Waals surface area contributed by atoms with E-state index in [0.717, 1.165) is 24.3 Å². The number of halogens is 3. The molecule has 0 bridgehead atoms. The molecule has 0 aliphatic rings. The number of aliphatic hydroxyl groups is 1. The highest BCUT2D eigenvalue weighted by Gasteiger charge is 2.31. The monoisotopic (exact) mass is 384 g/mol. The molecule has 2 amide bonds. The van der Waals surface area contributed by atoms with Crippen molar-refractivity contribution < 1.29 is 38.1 Å². The van der Waals surface area contributed by atoms with Crippen LogP contribution in [0.25, 0.3) is 0 Å². The Labute approximate surface area is 151 Å². The van der Waals surface area contributed by atoms with E-state index in [1.807, 2.05) is 10.9 Å². The van der Waals surface area contributed by atoms with Crippen molar-refractivity contribution in [3.05, 3.63) is 58.7 Å². The van der Waals surface area contributed by atoms with Gasteiger partial charge < -0.3 is 15.3 Å². The van der Waals surface area contributed by atoms with E-state index in [1.54, 1.807) is 0 Å². The number of alkyl halides is 3. The van der Waals surface area contributed by atoms with E-state index in [2.05, 4.69) is 0 Å². The number of carbonyl (C=O) groups excluding carboxylic acids is 2. The van der Waals surface area contributed by atoms with Gasteiger partial charge in [0.15, 0.2) is 17.6 Å². The molecule has 10 heteroatoms. The van der Waals surface area contributed by atoms with Crippen LogP contribution in [0, 0.1) is 6.92 Å². The highest BCUT2D eigenvalue weighted by molar-refractivity contribution is 6.00. The summed E-state index contributed by atoms with van der Waals surface area (Å²) in [6, 6.07) is 6.05. The van der Waals surface area contributed by atoms with E-state index in [4.69, 9.17) is 0 Å². The summed E-state index contributed by atoms with van der Waals surface area (Å²) in [5, 5.41) is 29.1. The van der Waals surface area contributed by atoms with Gasteiger partial charge in [-0.15, -0.1) is 0 Å². The maximum atomic E-state index is 12.7. The number of aromatic hydroxyl groups is 2. The SMILES string of the molecule is Cc1ccc(O)c(O)c1C(=O)NNC(=O)C(O)c1cccc(C(F)(F)F)c1. The third kappa shape index (κ3) is 4.47. The summed E-state index contributed by atoms with van der Waals surface area (Å²) in [5.74, 6) is -3.45. The number of aryl methyl sites for hydroxylation is 1. The Bertz CT molecular complexity index is 883. The van der Waals surface area contributed by atoms with Crippen LogP contribution >= 0.6 is 0 Å². The zero-order valence-electron chi connectivity index (χ0n) is 13.8. The predicted octanol–water partition coefficient (Wildman–Crippen LogP) is 1.92. The molecule has 2 aromatic rings. The van der Waals surface area contributed by atoms with Crippen LogP contribution in [0.15, 0.2) is 36.4 Å². The van der Waals surface area contributed by atoms with Gasteiger partial charge in [0.05, 0.1) is 11.1 Å². The predicted molar refractivity (Wildman–Crippen MR) is 86.5 cm³/mol. The number of rotatable bonds is 3. The first kappa shape index (κ1) is 20.0. The van der Waals surface area contributed by atoms with Gasteiger partial charge in [-0.05, 0) is 36.2 Å². The van der Waals surface area contributed by atoms with Crippen LogP contribution in [0.5, 0.6) is 11.5 Å². The number of hydrazine groups is 1. The smallest absolute Gasteiger partial charge is 0.416 e. The zero-order chi connectivity index (χ0) is 20.4. The van der Waals surface area contributed by atoms with Crippen LogP contribution in [0.3, 0.4) is 0 Å². The number of hydrogen-bond donors (Lipinski definition) is 5. The van der Waals surface area contributed by atoms with Crippen molar-refractivity contribution in [3.8, 4) is 11.5 Å². The minimum Gasteiger partial charge on any atom is -0.504 e. The lowest BCUT2D eigenvalue weighted by atomic mass is 10.1. The first-order valence-corrected chi connectivity index (χ1v) is 7.49. The van der Waals surface area contributed by atoms with E-state index in [-0.39, 0.29) is 16.7 Å². The maximum Gasteiger partial charge on any atom is 0.416 e. The molecule has 0 saturated carbocycles. The van der Waals surface area contributed by atoms with Crippen LogP contribution in [0.1, 0.15) is 33.2 Å². The molecule has 0 spiro atoms. The van der Waals surface area contributed by atoms with Crippen molar-refractivity contribution in [2.24, 2.45) is 0 Å². The molecule has 0 aliphatic heterocycles. The van der Waals surface area contributed by atoms with Gasteiger partial charge in [-0.2, -0.15) is 13.2 Å². The minimum absolute atomic E-state index is 0.287. The van der Waals surface area contributed by atoms with Crippen LogP contribution in [-0.2, 0) is 11.0 Å². The van der Waals surface area contributed by atoms with Crippen molar-refractivity contribution in [1.29, 1.82) is 0 Å². The first-order valence-electron chi connectivity index (χ1n) is 7.49. The third-order valence-corrected chi connectivity index (χ3v) is 3.67. The van der Waals surface area contributed by atoms with Gasteiger partial charge in [-0.25, -0.2) is 0 Å². The average molecular weight is 384 g/mol. The van der Waals surface area contributed by atoms with Crippen molar-refractivity contribution in [2.75, 3.05) is 0 Å². The second kappa shape index (κ2) is 7.54. The van der Waals surface area contributed by atoms with Crippen LogP contribution in [0.2, 0.25) is 0 Å². The molecule has 7 nitrogen and oxygen atoms in total. The fourth-order valence-electron chi connectivity index (χ4n) is 2.25. The Kier molecular flexibility index (Phi) is 5.60. The molecule has 2 aromatic carbocycles. The normalized spacial score (nSPS) is 12.3. The second-order valence-corrected chi connectivity index (χ2v) is 5.59. The van der Waals surface area contributed by atoms with Crippen LogP contribution in [-0.4, -0.2) is 27.1 Å². The summed E-state index contributed by atoms with van der Waals surface area (Å²) < 4.78 is 38.1. The van der Waals surface area contributed by atoms with E-state index in [9.17, 15) is 38.1 Å². The number of phenolic OH excluding ortho intramolecular Hbond substituents is 2. The van der Waals surface area contributed by atoms with E-state index >= 15 is 0 Å². The highest BCUT2D eigenvalue weighted by atomic mass is 19.4. The first-order chi connectivity index (χ1) is 12.5. The minimum atomic E-state index is -4.65. The van der Waals surface area contributed by atoms with Gasteiger partial charge in [0, 0.05) is 0 Å². The number of benzene rings is 2. The molecule has 144 valence electrons. The molecule has 0 heterocycles. The lowest BCUT2D eigenvalue weighted by molar-refractivity contribution is -0.138. The molecule has 27 heavy (non-hydrogen) atoms. The third-order valence-electron chi connectivity index (χ3n) is 3.67. The molecule has 5 N–H and O–H groups in total. The highest BCUT2D eigenvalue weighted by Crippen LogP contribution is 2.31. The fourth-order valence-corrected chi connectivity index (χ4v) is 2.25. The summed E-state index contributed by atoms with van der Waals surface area (Å²) >= 11 is 0. The Balaban J connectivity index is 2.10. The van der Waals surface area contributed by atoms with Gasteiger partial charge in [0.1, 0.15) is 0 Å². The summed E-state index contributed by atoms with van der Waals surface area (Å²) in [6.07, 6.45) is -6.63. The lowest BCUT2D eigenvalue weighted by Crippen LogP contribution is -2.44.